The Hall–Kier alpha value is -0.610. The summed E-state index contributed by atoms with van der Waals surface area (Å²) in [6.45, 7) is 17.4. The molecule has 0 aromatic carbocycles. The molecular formula is C32H54N2O2. The predicted octanol–water partition coefficient (Wildman–Crippen LogP) is 5.98. The van der Waals surface area contributed by atoms with Gasteiger partial charge in [-0.25, -0.2) is 0 Å². The van der Waals surface area contributed by atoms with E-state index < -0.39 is 0 Å². The van der Waals surface area contributed by atoms with Gasteiger partial charge < -0.3 is 14.9 Å². The van der Waals surface area contributed by atoms with Gasteiger partial charge in [0.2, 0.25) is 5.91 Å². The standard InChI is InChI=1S/C32H54N2O2/c1-6-33-18-20-34(21-19-33)28(36)32-14-7-8-24(32)22-9-10-26-30(4,23(22)11-17-32)15-12-25-29(2,3)27(35)13-16-31(25,26)5/h22-27,35H,6-21H2,1-5H3. The van der Waals surface area contributed by atoms with Gasteiger partial charge in [-0.3, -0.25) is 4.79 Å². The van der Waals surface area contributed by atoms with Crippen LogP contribution in [-0.4, -0.2) is 59.6 Å². The van der Waals surface area contributed by atoms with E-state index in [4.69, 9.17) is 0 Å². The molecule has 0 bridgehead atoms. The summed E-state index contributed by atoms with van der Waals surface area (Å²) in [6.07, 6.45) is 13.5. The Morgan fingerprint density at radius 3 is 2.22 bits per heavy atom. The second kappa shape index (κ2) is 8.70. The van der Waals surface area contributed by atoms with Gasteiger partial charge in [-0.05, 0) is 117 Å². The molecule has 36 heavy (non-hydrogen) atoms. The third-order valence-corrected chi connectivity index (χ3v) is 14.0. The molecule has 9 atom stereocenters. The number of aliphatic hydroxyl groups is 1. The summed E-state index contributed by atoms with van der Waals surface area (Å²) >= 11 is 0. The van der Waals surface area contributed by atoms with Gasteiger partial charge >= 0.3 is 0 Å². The van der Waals surface area contributed by atoms with Crippen LogP contribution < -0.4 is 0 Å². The molecule has 6 rings (SSSR count). The Kier molecular flexibility index (Phi) is 6.20. The maximum Gasteiger partial charge on any atom is 0.229 e. The highest BCUT2D eigenvalue weighted by atomic mass is 16.3. The Balaban J connectivity index is 1.25. The first kappa shape index (κ1) is 25.7. The van der Waals surface area contributed by atoms with Crippen molar-refractivity contribution in [3.05, 3.63) is 0 Å². The molecule has 1 N–H and O–H groups in total. The molecule has 6 aliphatic rings. The molecule has 1 aliphatic heterocycles. The second-order valence-electron chi connectivity index (χ2n) is 15.3. The molecule has 5 aliphatic carbocycles. The third kappa shape index (κ3) is 3.41. The van der Waals surface area contributed by atoms with Crippen molar-refractivity contribution in [1.82, 2.24) is 9.80 Å². The van der Waals surface area contributed by atoms with Crippen LogP contribution in [0, 0.1) is 51.2 Å². The average molecular weight is 499 g/mol. The van der Waals surface area contributed by atoms with Crippen molar-refractivity contribution in [2.45, 2.75) is 111 Å². The Labute approximate surface area is 220 Å². The summed E-state index contributed by atoms with van der Waals surface area (Å²) in [5, 5.41) is 10.9. The second-order valence-corrected chi connectivity index (χ2v) is 15.3. The number of carbonyl (C=O) groups excluding carboxylic acids is 1. The van der Waals surface area contributed by atoms with Gasteiger partial charge in [0.05, 0.1) is 11.5 Å². The molecular weight excluding hydrogens is 444 g/mol. The predicted molar refractivity (Wildman–Crippen MR) is 145 cm³/mol. The SMILES string of the molecule is CCN1CCN(C(=O)C23CCCC2C2CCC4C(C)(CCC5C(C)(C)C(O)CCC54C)C2CC3)CC1. The zero-order chi connectivity index (χ0) is 25.5. The average Bonchev–Trinajstić information content (AvgIpc) is 3.32. The van der Waals surface area contributed by atoms with Crippen molar-refractivity contribution in [3.63, 3.8) is 0 Å². The van der Waals surface area contributed by atoms with Crippen molar-refractivity contribution in [2.24, 2.45) is 51.2 Å². The van der Waals surface area contributed by atoms with Gasteiger partial charge in [0.15, 0.2) is 0 Å². The van der Waals surface area contributed by atoms with Crippen LogP contribution in [0.2, 0.25) is 0 Å². The maximum absolute atomic E-state index is 14.2. The lowest BCUT2D eigenvalue weighted by Crippen LogP contribution is -2.64. The van der Waals surface area contributed by atoms with E-state index in [2.05, 4.69) is 44.4 Å². The number of aliphatic hydroxyl groups excluding tert-OH is 1. The molecule has 0 aromatic heterocycles. The minimum absolute atomic E-state index is 0.0343. The first-order valence-corrected chi connectivity index (χ1v) is 15.8. The number of amides is 1. The summed E-state index contributed by atoms with van der Waals surface area (Å²) in [7, 11) is 0. The van der Waals surface area contributed by atoms with Crippen LogP contribution in [0.4, 0.5) is 0 Å². The molecule has 5 saturated carbocycles. The molecule has 0 aromatic rings. The van der Waals surface area contributed by atoms with Crippen LogP contribution in [0.3, 0.4) is 0 Å². The van der Waals surface area contributed by atoms with Crippen LogP contribution in [0.15, 0.2) is 0 Å². The largest absolute Gasteiger partial charge is 0.393 e. The quantitative estimate of drug-likeness (QED) is 0.510. The minimum atomic E-state index is -0.143. The Morgan fingerprint density at radius 1 is 0.778 bits per heavy atom. The normalized spacial score (nSPS) is 50.6. The van der Waals surface area contributed by atoms with Crippen molar-refractivity contribution in [2.75, 3.05) is 32.7 Å². The van der Waals surface area contributed by atoms with E-state index in [9.17, 15) is 9.90 Å². The van der Waals surface area contributed by atoms with E-state index in [1.54, 1.807) is 0 Å². The number of hydrogen-bond donors (Lipinski definition) is 1. The third-order valence-electron chi connectivity index (χ3n) is 14.0. The molecule has 4 nitrogen and oxygen atoms in total. The summed E-state index contributed by atoms with van der Waals surface area (Å²) in [6, 6.07) is 0. The van der Waals surface area contributed by atoms with E-state index in [1.165, 1.54) is 51.4 Å². The number of nitrogens with zero attached hydrogens (tertiary/aromatic N) is 2. The van der Waals surface area contributed by atoms with E-state index in [-0.39, 0.29) is 16.9 Å². The van der Waals surface area contributed by atoms with Crippen LogP contribution in [-0.2, 0) is 4.79 Å². The molecule has 4 heteroatoms. The molecule has 0 spiro atoms. The fraction of sp³-hybridized carbons (Fsp3) is 0.969. The smallest absolute Gasteiger partial charge is 0.229 e. The first-order chi connectivity index (χ1) is 17.1. The highest BCUT2D eigenvalue weighted by Crippen LogP contribution is 2.73. The fourth-order valence-corrected chi connectivity index (χ4v) is 12.2. The highest BCUT2D eigenvalue weighted by molar-refractivity contribution is 5.84. The van der Waals surface area contributed by atoms with Gasteiger partial charge in [-0.2, -0.15) is 0 Å². The van der Waals surface area contributed by atoms with Crippen molar-refractivity contribution >= 4 is 5.91 Å². The Morgan fingerprint density at radius 2 is 1.50 bits per heavy atom. The lowest BCUT2D eigenvalue weighted by atomic mass is 9.36. The monoisotopic (exact) mass is 498 g/mol. The summed E-state index contributed by atoms with van der Waals surface area (Å²) < 4.78 is 0. The summed E-state index contributed by atoms with van der Waals surface area (Å²) in [4.78, 5) is 19.0. The number of likely N-dealkylation sites (N-methyl/N-ethyl adjacent to an activating group) is 1. The molecule has 1 amide bonds. The number of fused-ring (bicyclic) bond motifs is 7. The molecule has 1 saturated heterocycles. The number of piperazine rings is 1. The lowest BCUT2D eigenvalue weighted by molar-refractivity contribution is -0.215. The van der Waals surface area contributed by atoms with Gasteiger partial charge in [0.1, 0.15) is 0 Å². The van der Waals surface area contributed by atoms with E-state index in [0.29, 0.717) is 28.6 Å². The molecule has 0 radical (unpaired) electrons. The number of rotatable bonds is 2. The minimum Gasteiger partial charge on any atom is -0.393 e. The Bertz CT molecular complexity index is 864. The molecule has 1 heterocycles. The van der Waals surface area contributed by atoms with E-state index >= 15 is 0 Å². The molecule has 9 unspecified atom stereocenters. The number of carbonyl (C=O) groups is 1. The van der Waals surface area contributed by atoms with E-state index in [0.717, 1.165) is 69.7 Å². The van der Waals surface area contributed by atoms with E-state index in [1.807, 2.05) is 0 Å². The van der Waals surface area contributed by atoms with Crippen molar-refractivity contribution in [1.29, 1.82) is 0 Å². The van der Waals surface area contributed by atoms with Crippen molar-refractivity contribution in [3.8, 4) is 0 Å². The topological polar surface area (TPSA) is 43.8 Å². The van der Waals surface area contributed by atoms with Crippen molar-refractivity contribution < 1.29 is 9.90 Å². The number of hydrogen-bond acceptors (Lipinski definition) is 3. The van der Waals surface area contributed by atoms with Crippen LogP contribution in [0.25, 0.3) is 0 Å². The van der Waals surface area contributed by atoms with Crippen LogP contribution in [0.5, 0.6) is 0 Å². The zero-order valence-electron chi connectivity index (χ0n) is 24.0. The zero-order valence-corrected chi connectivity index (χ0v) is 24.0. The molecule has 204 valence electrons. The molecule has 6 fully saturated rings. The fourth-order valence-electron chi connectivity index (χ4n) is 12.2. The van der Waals surface area contributed by atoms with Gasteiger partial charge in [-0.1, -0.05) is 41.0 Å². The van der Waals surface area contributed by atoms with Gasteiger partial charge in [-0.15, -0.1) is 0 Å². The summed E-state index contributed by atoms with van der Waals surface area (Å²) in [5.41, 5.74) is 0.764. The maximum atomic E-state index is 14.2. The lowest BCUT2D eigenvalue weighted by Gasteiger charge is -2.69. The van der Waals surface area contributed by atoms with Crippen LogP contribution >= 0.6 is 0 Å². The first-order valence-electron chi connectivity index (χ1n) is 15.8. The highest BCUT2D eigenvalue weighted by Gasteiger charge is 2.67. The van der Waals surface area contributed by atoms with Crippen LogP contribution in [0.1, 0.15) is 105 Å². The van der Waals surface area contributed by atoms with Gasteiger partial charge in [0.25, 0.3) is 0 Å². The van der Waals surface area contributed by atoms with Gasteiger partial charge in [0, 0.05) is 26.2 Å². The summed E-state index contributed by atoms with van der Waals surface area (Å²) in [5.74, 6) is 4.14.